The van der Waals surface area contributed by atoms with E-state index in [0.717, 1.165) is 25.7 Å². The Labute approximate surface area is 113 Å². The Hall–Kier alpha value is 0.01000. The number of carbonyl (C=O) groups excluding carboxylic acids is 1. The molecule has 1 N–H and O–H groups in total. The lowest BCUT2D eigenvalue weighted by atomic mass is 9.96. The highest BCUT2D eigenvalue weighted by molar-refractivity contribution is 6.44. The summed E-state index contributed by atoms with van der Waals surface area (Å²) >= 11 is 11.2. The number of unbranched alkanes of at least 4 members (excludes halogenated alkanes) is 3. The normalized spacial score (nSPS) is 14.7. The molecule has 2 unspecified atom stereocenters. The summed E-state index contributed by atoms with van der Waals surface area (Å²) in [6.45, 7) is 4.15. The predicted molar refractivity (Wildman–Crippen MR) is 70.4 cm³/mol. The van der Waals surface area contributed by atoms with Gasteiger partial charge in [0.25, 0.3) is 0 Å². The standard InChI is InChI=1S/C12H22Cl2O3/c1-3-5-6-7-8-9(10(15)11(13)14)12(16)17-4-2/h9-11,15H,3-8H2,1-2H3. The molecule has 5 heteroatoms. The molecule has 0 aromatic carbocycles. The highest BCUT2D eigenvalue weighted by Crippen LogP contribution is 2.23. The molecule has 17 heavy (non-hydrogen) atoms. The van der Waals surface area contributed by atoms with E-state index in [2.05, 4.69) is 6.92 Å². The van der Waals surface area contributed by atoms with E-state index >= 15 is 0 Å². The lowest BCUT2D eigenvalue weighted by molar-refractivity contribution is -0.152. The molecule has 0 fully saturated rings. The molecular formula is C12H22Cl2O3. The van der Waals surface area contributed by atoms with E-state index in [1.54, 1.807) is 6.92 Å². The molecule has 0 saturated carbocycles. The van der Waals surface area contributed by atoms with Gasteiger partial charge in [-0.05, 0) is 13.3 Å². The number of hydrogen-bond acceptors (Lipinski definition) is 3. The van der Waals surface area contributed by atoms with E-state index in [1.807, 2.05) is 0 Å². The summed E-state index contributed by atoms with van der Waals surface area (Å²) in [5.41, 5.74) is 0. The number of carbonyl (C=O) groups is 1. The maximum absolute atomic E-state index is 11.7. The Morgan fingerprint density at radius 3 is 2.35 bits per heavy atom. The van der Waals surface area contributed by atoms with Crippen molar-refractivity contribution in [3.05, 3.63) is 0 Å². The Bertz CT molecular complexity index is 210. The van der Waals surface area contributed by atoms with Gasteiger partial charge in [0.2, 0.25) is 0 Å². The number of hydrogen-bond donors (Lipinski definition) is 1. The van der Waals surface area contributed by atoms with Gasteiger partial charge in [0.05, 0.1) is 18.6 Å². The highest BCUT2D eigenvalue weighted by Gasteiger charge is 2.31. The smallest absolute Gasteiger partial charge is 0.311 e. The average molecular weight is 285 g/mol. The monoisotopic (exact) mass is 284 g/mol. The van der Waals surface area contributed by atoms with Crippen LogP contribution in [-0.2, 0) is 9.53 Å². The third kappa shape index (κ3) is 7.12. The molecule has 2 atom stereocenters. The quantitative estimate of drug-likeness (QED) is 0.401. The van der Waals surface area contributed by atoms with Crippen molar-refractivity contribution in [2.75, 3.05) is 6.61 Å². The average Bonchev–Trinajstić information content (AvgIpc) is 2.28. The predicted octanol–water partition coefficient (Wildman–Crippen LogP) is 3.30. The van der Waals surface area contributed by atoms with Crippen LogP contribution in [0.4, 0.5) is 0 Å². The molecule has 0 aromatic rings. The van der Waals surface area contributed by atoms with Crippen LogP contribution < -0.4 is 0 Å². The number of alkyl halides is 2. The molecule has 0 spiro atoms. The SMILES string of the molecule is CCCCCCC(C(=O)OCC)C(O)C(Cl)Cl. The number of aliphatic hydroxyl groups is 1. The minimum absolute atomic E-state index is 0.298. The van der Waals surface area contributed by atoms with Crippen LogP contribution in [0, 0.1) is 5.92 Å². The first-order valence-electron chi connectivity index (χ1n) is 6.17. The first kappa shape index (κ1) is 17.0. The van der Waals surface area contributed by atoms with E-state index < -0.39 is 22.8 Å². The Balaban J connectivity index is 4.25. The molecule has 0 amide bonds. The van der Waals surface area contributed by atoms with Crippen LogP contribution in [0.5, 0.6) is 0 Å². The summed E-state index contributed by atoms with van der Waals surface area (Å²) in [5, 5.41) is 9.78. The molecule has 3 nitrogen and oxygen atoms in total. The first-order chi connectivity index (χ1) is 8.04. The zero-order valence-corrected chi connectivity index (χ0v) is 12.0. The van der Waals surface area contributed by atoms with Gasteiger partial charge >= 0.3 is 5.97 Å². The van der Waals surface area contributed by atoms with Gasteiger partial charge in [-0.2, -0.15) is 0 Å². The number of rotatable bonds is 9. The van der Waals surface area contributed by atoms with Gasteiger partial charge in [0.15, 0.2) is 0 Å². The summed E-state index contributed by atoms with van der Waals surface area (Å²) in [6.07, 6.45) is 3.66. The van der Waals surface area contributed by atoms with Crippen molar-refractivity contribution in [3.8, 4) is 0 Å². The van der Waals surface area contributed by atoms with E-state index in [4.69, 9.17) is 27.9 Å². The van der Waals surface area contributed by atoms with Crippen LogP contribution in [0.15, 0.2) is 0 Å². The van der Waals surface area contributed by atoms with Gasteiger partial charge in [0.1, 0.15) is 4.84 Å². The zero-order chi connectivity index (χ0) is 13.3. The van der Waals surface area contributed by atoms with Crippen LogP contribution in [0.25, 0.3) is 0 Å². The number of ether oxygens (including phenoxy) is 1. The maximum atomic E-state index is 11.7. The minimum Gasteiger partial charge on any atom is -0.466 e. The van der Waals surface area contributed by atoms with E-state index in [1.165, 1.54) is 0 Å². The summed E-state index contributed by atoms with van der Waals surface area (Å²) in [5.74, 6) is -1.03. The van der Waals surface area contributed by atoms with Gasteiger partial charge < -0.3 is 9.84 Å². The number of esters is 1. The van der Waals surface area contributed by atoms with Crippen LogP contribution in [-0.4, -0.2) is 28.6 Å². The molecule has 0 heterocycles. The van der Waals surface area contributed by atoms with Gasteiger partial charge in [-0.25, -0.2) is 0 Å². The van der Waals surface area contributed by atoms with E-state index in [0.29, 0.717) is 13.0 Å². The third-order valence-electron chi connectivity index (χ3n) is 2.63. The number of aliphatic hydroxyl groups excluding tert-OH is 1. The van der Waals surface area contributed by atoms with Crippen LogP contribution in [0.1, 0.15) is 46.0 Å². The van der Waals surface area contributed by atoms with Crippen molar-refractivity contribution in [1.29, 1.82) is 0 Å². The van der Waals surface area contributed by atoms with Crippen molar-refractivity contribution in [1.82, 2.24) is 0 Å². The summed E-state index contributed by atoms with van der Waals surface area (Å²) in [4.78, 5) is 10.7. The molecular weight excluding hydrogens is 263 g/mol. The van der Waals surface area contributed by atoms with Crippen molar-refractivity contribution >= 4 is 29.2 Å². The van der Waals surface area contributed by atoms with E-state index in [-0.39, 0.29) is 0 Å². The van der Waals surface area contributed by atoms with Crippen LogP contribution in [0.2, 0.25) is 0 Å². The lowest BCUT2D eigenvalue weighted by Gasteiger charge is -2.21. The van der Waals surface area contributed by atoms with Crippen LogP contribution in [0.3, 0.4) is 0 Å². The third-order valence-corrected chi connectivity index (χ3v) is 3.14. The molecule has 0 rings (SSSR count). The molecule has 0 aromatic heterocycles. The fourth-order valence-corrected chi connectivity index (χ4v) is 2.00. The Kier molecular flexibility index (Phi) is 9.99. The topological polar surface area (TPSA) is 46.5 Å². The summed E-state index contributed by atoms with van der Waals surface area (Å²) in [6, 6.07) is 0. The molecule has 0 saturated heterocycles. The van der Waals surface area contributed by atoms with Gasteiger partial charge in [-0.15, -0.1) is 23.2 Å². The van der Waals surface area contributed by atoms with Gasteiger partial charge in [-0.1, -0.05) is 32.6 Å². The van der Waals surface area contributed by atoms with Gasteiger partial charge in [-0.3, -0.25) is 4.79 Å². The highest BCUT2D eigenvalue weighted by atomic mass is 35.5. The lowest BCUT2D eigenvalue weighted by Crippen LogP contribution is -2.34. The molecule has 0 aliphatic heterocycles. The summed E-state index contributed by atoms with van der Waals surface area (Å²) in [7, 11) is 0. The number of halogens is 2. The molecule has 102 valence electrons. The van der Waals surface area contributed by atoms with Crippen molar-refractivity contribution in [3.63, 3.8) is 0 Å². The second kappa shape index (κ2) is 9.98. The maximum Gasteiger partial charge on any atom is 0.311 e. The molecule has 0 aliphatic rings. The van der Waals surface area contributed by atoms with E-state index in [9.17, 15) is 9.90 Å². The molecule has 0 aliphatic carbocycles. The van der Waals surface area contributed by atoms with Crippen molar-refractivity contribution in [2.24, 2.45) is 5.92 Å². The zero-order valence-electron chi connectivity index (χ0n) is 10.5. The fourth-order valence-electron chi connectivity index (χ4n) is 1.64. The molecule has 0 bridgehead atoms. The second-order valence-corrected chi connectivity index (χ2v) is 5.20. The minimum atomic E-state index is -1.06. The second-order valence-electron chi connectivity index (χ2n) is 4.03. The summed E-state index contributed by atoms with van der Waals surface area (Å²) < 4.78 is 4.92. The fraction of sp³-hybridized carbons (Fsp3) is 0.917. The first-order valence-corrected chi connectivity index (χ1v) is 7.04. The van der Waals surface area contributed by atoms with Crippen molar-refractivity contribution in [2.45, 2.75) is 56.9 Å². The Morgan fingerprint density at radius 2 is 1.88 bits per heavy atom. The van der Waals surface area contributed by atoms with Gasteiger partial charge in [0, 0.05) is 0 Å². The largest absolute Gasteiger partial charge is 0.466 e. The van der Waals surface area contributed by atoms with Crippen molar-refractivity contribution < 1.29 is 14.6 Å². The van der Waals surface area contributed by atoms with Crippen LogP contribution >= 0.6 is 23.2 Å². The molecule has 0 radical (unpaired) electrons. The Morgan fingerprint density at radius 1 is 1.24 bits per heavy atom.